The average Bonchev–Trinajstić information content (AvgIpc) is 2.16. The minimum absolute atomic E-state index is 0.224. The fraction of sp³-hybridized carbons (Fsp3) is 0.700. The largest absolute Gasteiger partial charge is 0.459 e. The van der Waals surface area contributed by atoms with Crippen LogP contribution in [-0.4, -0.2) is 27.8 Å². The summed E-state index contributed by atoms with van der Waals surface area (Å²) in [7, 11) is 0. The molecule has 82 valence electrons. The van der Waals surface area contributed by atoms with Crippen molar-refractivity contribution in [3.8, 4) is 6.01 Å². The van der Waals surface area contributed by atoms with E-state index in [1.54, 1.807) is 0 Å². The van der Waals surface area contributed by atoms with Crippen molar-refractivity contribution in [2.24, 2.45) is 11.7 Å². The molecule has 2 rings (SSSR count). The van der Waals surface area contributed by atoms with Crippen LogP contribution in [0.4, 0.5) is 0 Å². The highest BCUT2D eigenvalue weighted by molar-refractivity contribution is 5.08. The number of hydrogen-bond acceptors (Lipinski definition) is 5. The van der Waals surface area contributed by atoms with Gasteiger partial charge in [0, 0.05) is 0 Å². The molecule has 1 aromatic rings. The quantitative estimate of drug-likeness (QED) is 0.787. The van der Waals surface area contributed by atoms with Crippen LogP contribution in [0.3, 0.4) is 0 Å². The third-order valence-electron chi connectivity index (χ3n) is 2.87. The standard InChI is InChI=1S/C10H16N4O/c1-6-7(2)13-14-10(12-6)15-9-3-8(4-9)5-11/h8-9H,3-5,11H2,1-2H3. The van der Waals surface area contributed by atoms with Crippen LogP contribution < -0.4 is 10.5 Å². The Kier molecular flexibility index (Phi) is 2.81. The topological polar surface area (TPSA) is 73.9 Å². The van der Waals surface area contributed by atoms with Crippen molar-refractivity contribution in [3.05, 3.63) is 11.4 Å². The Morgan fingerprint density at radius 1 is 1.27 bits per heavy atom. The van der Waals surface area contributed by atoms with E-state index in [4.69, 9.17) is 10.5 Å². The first kappa shape index (κ1) is 10.3. The van der Waals surface area contributed by atoms with Crippen molar-refractivity contribution in [2.75, 3.05) is 6.54 Å². The Morgan fingerprint density at radius 3 is 2.60 bits per heavy atom. The van der Waals surface area contributed by atoms with Gasteiger partial charge in [-0.1, -0.05) is 5.10 Å². The normalized spacial score (nSPS) is 24.7. The summed E-state index contributed by atoms with van der Waals surface area (Å²) in [4.78, 5) is 4.22. The minimum Gasteiger partial charge on any atom is -0.459 e. The van der Waals surface area contributed by atoms with Gasteiger partial charge in [0.1, 0.15) is 6.10 Å². The van der Waals surface area contributed by atoms with E-state index in [0.717, 1.165) is 30.8 Å². The molecule has 1 aromatic heterocycles. The molecule has 0 saturated heterocycles. The van der Waals surface area contributed by atoms with E-state index in [9.17, 15) is 0 Å². The van der Waals surface area contributed by atoms with Crippen molar-refractivity contribution in [3.63, 3.8) is 0 Å². The summed E-state index contributed by atoms with van der Waals surface area (Å²) in [6, 6.07) is 0.388. The lowest BCUT2D eigenvalue weighted by atomic mass is 9.82. The summed E-state index contributed by atoms with van der Waals surface area (Å²) < 4.78 is 5.58. The second-order valence-corrected chi connectivity index (χ2v) is 4.08. The highest BCUT2D eigenvalue weighted by Crippen LogP contribution is 2.29. The number of hydrogen-bond donors (Lipinski definition) is 1. The van der Waals surface area contributed by atoms with Gasteiger partial charge in [-0.15, -0.1) is 5.10 Å². The molecule has 0 atom stereocenters. The molecule has 0 aliphatic heterocycles. The number of aryl methyl sites for hydroxylation is 2. The zero-order valence-electron chi connectivity index (χ0n) is 9.10. The van der Waals surface area contributed by atoms with Gasteiger partial charge in [-0.25, -0.2) is 0 Å². The first-order chi connectivity index (χ1) is 7.19. The number of nitrogens with two attached hydrogens (primary N) is 1. The van der Waals surface area contributed by atoms with Gasteiger partial charge in [-0.05, 0) is 39.2 Å². The Labute approximate surface area is 89.1 Å². The fourth-order valence-corrected chi connectivity index (χ4v) is 1.60. The SMILES string of the molecule is Cc1nnc(OC2CC(CN)C2)nc1C. The Balaban J connectivity index is 1.92. The summed E-state index contributed by atoms with van der Waals surface area (Å²) in [5, 5.41) is 7.86. The van der Waals surface area contributed by atoms with E-state index in [0.29, 0.717) is 11.9 Å². The van der Waals surface area contributed by atoms with Gasteiger partial charge < -0.3 is 10.5 Å². The van der Waals surface area contributed by atoms with Crippen LogP contribution in [0.2, 0.25) is 0 Å². The molecule has 1 heterocycles. The summed E-state index contributed by atoms with van der Waals surface area (Å²) in [5.74, 6) is 0.606. The second kappa shape index (κ2) is 4.10. The van der Waals surface area contributed by atoms with Gasteiger partial charge in [0.15, 0.2) is 0 Å². The molecule has 5 nitrogen and oxygen atoms in total. The molecule has 0 unspecified atom stereocenters. The lowest BCUT2D eigenvalue weighted by molar-refractivity contribution is 0.0590. The predicted octanol–water partition coefficient (Wildman–Crippen LogP) is 0.605. The molecule has 15 heavy (non-hydrogen) atoms. The van der Waals surface area contributed by atoms with Crippen LogP contribution in [0.15, 0.2) is 0 Å². The van der Waals surface area contributed by atoms with E-state index < -0.39 is 0 Å². The van der Waals surface area contributed by atoms with Crippen LogP contribution >= 0.6 is 0 Å². The zero-order chi connectivity index (χ0) is 10.8. The summed E-state index contributed by atoms with van der Waals surface area (Å²) in [5.41, 5.74) is 7.25. The van der Waals surface area contributed by atoms with Crippen molar-refractivity contribution in [2.45, 2.75) is 32.8 Å². The van der Waals surface area contributed by atoms with Crippen molar-refractivity contribution >= 4 is 0 Å². The molecule has 5 heteroatoms. The number of aromatic nitrogens is 3. The maximum Gasteiger partial charge on any atom is 0.336 e. The molecule has 2 N–H and O–H groups in total. The zero-order valence-corrected chi connectivity index (χ0v) is 9.10. The first-order valence-corrected chi connectivity index (χ1v) is 5.23. The van der Waals surface area contributed by atoms with Gasteiger partial charge in [0.25, 0.3) is 0 Å². The van der Waals surface area contributed by atoms with E-state index in [1.165, 1.54) is 0 Å². The molecule has 0 aromatic carbocycles. The third-order valence-corrected chi connectivity index (χ3v) is 2.87. The molecule has 1 fully saturated rings. The maximum atomic E-state index is 5.58. The van der Waals surface area contributed by atoms with Crippen LogP contribution in [0, 0.1) is 19.8 Å². The van der Waals surface area contributed by atoms with Gasteiger partial charge in [0.05, 0.1) is 11.4 Å². The van der Waals surface area contributed by atoms with Crippen LogP contribution in [0.1, 0.15) is 24.2 Å². The Hall–Kier alpha value is -1.23. The van der Waals surface area contributed by atoms with Gasteiger partial charge in [-0.2, -0.15) is 4.98 Å². The van der Waals surface area contributed by atoms with E-state index in [2.05, 4.69) is 15.2 Å². The predicted molar refractivity (Wildman–Crippen MR) is 55.5 cm³/mol. The Bertz CT molecular complexity index is 349. The molecular weight excluding hydrogens is 192 g/mol. The molecule has 1 saturated carbocycles. The number of rotatable bonds is 3. The molecule has 1 aliphatic rings. The fourth-order valence-electron chi connectivity index (χ4n) is 1.60. The lowest BCUT2D eigenvalue weighted by Crippen LogP contribution is -2.38. The van der Waals surface area contributed by atoms with Crippen molar-refractivity contribution in [1.82, 2.24) is 15.2 Å². The van der Waals surface area contributed by atoms with Crippen LogP contribution in [0.5, 0.6) is 6.01 Å². The monoisotopic (exact) mass is 208 g/mol. The van der Waals surface area contributed by atoms with E-state index in [-0.39, 0.29) is 6.10 Å². The van der Waals surface area contributed by atoms with Crippen LogP contribution in [0.25, 0.3) is 0 Å². The van der Waals surface area contributed by atoms with Crippen molar-refractivity contribution < 1.29 is 4.74 Å². The molecular formula is C10H16N4O. The number of ether oxygens (including phenoxy) is 1. The second-order valence-electron chi connectivity index (χ2n) is 4.08. The molecule has 0 radical (unpaired) electrons. The minimum atomic E-state index is 0.224. The highest BCUT2D eigenvalue weighted by Gasteiger charge is 2.30. The summed E-state index contributed by atoms with van der Waals surface area (Å²) in [6.45, 7) is 4.53. The highest BCUT2D eigenvalue weighted by atomic mass is 16.5. The smallest absolute Gasteiger partial charge is 0.336 e. The average molecular weight is 208 g/mol. The third kappa shape index (κ3) is 2.23. The van der Waals surface area contributed by atoms with E-state index >= 15 is 0 Å². The summed E-state index contributed by atoms with van der Waals surface area (Å²) >= 11 is 0. The van der Waals surface area contributed by atoms with Crippen molar-refractivity contribution in [1.29, 1.82) is 0 Å². The molecule has 0 amide bonds. The van der Waals surface area contributed by atoms with Gasteiger partial charge in [0.2, 0.25) is 0 Å². The first-order valence-electron chi connectivity index (χ1n) is 5.23. The molecule has 1 aliphatic carbocycles. The summed E-state index contributed by atoms with van der Waals surface area (Å²) in [6.07, 6.45) is 2.24. The molecule has 0 bridgehead atoms. The van der Waals surface area contributed by atoms with Gasteiger partial charge >= 0.3 is 6.01 Å². The van der Waals surface area contributed by atoms with Crippen LogP contribution in [-0.2, 0) is 0 Å². The van der Waals surface area contributed by atoms with E-state index in [1.807, 2.05) is 13.8 Å². The lowest BCUT2D eigenvalue weighted by Gasteiger charge is -2.33. The maximum absolute atomic E-state index is 5.58. The Morgan fingerprint density at radius 2 is 2.00 bits per heavy atom. The van der Waals surface area contributed by atoms with Gasteiger partial charge in [-0.3, -0.25) is 0 Å². The number of nitrogens with zero attached hydrogens (tertiary/aromatic N) is 3. The molecule has 0 spiro atoms.